The van der Waals surface area contributed by atoms with E-state index in [-0.39, 0.29) is 0 Å². The first-order valence-electron chi connectivity index (χ1n) is 5.28. The van der Waals surface area contributed by atoms with Crippen molar-refractivity contribution in [3.05, 3.63) is 41.5 Å². The molecule has 3 nitrogen and oxygen atoms in total. The van der Waals surface area contributed by atoms with Crippen molar-refractivity contribution in [3.8, 4) is 0 Å². The lowest BCUT2D eigenvalue weighted by molar-refractivity contribution is 0.522. The highest BCUT2D eigenvalue weighted by atomic mass is 15.3. The molecule has 0 saturated carbocycles. The van der Waals surface area contributed by atoms with Gasteiger partial charge in [0.2, 0.25) is 0 Å². The van der Waals surface area contributed by atoms with E-state index in [1.54, 1.807) is 0 Å². The van der Waals surface area contributed by atoms with Gasteiger partial charge in [-0.15, -0.1) is 0 Å². The summed E-state index contributed by atoms with van der Waals surface area (Å²) in [4.78, 5) is 0. The number of hydrogen-bond donors (Lipinski definition) is 0. The van der Waals surface area contributed by atoms with Gasteiger partial charge in [-0.2, -0.15) is 5.10 Å². The number of nitrogens with zero attached hydrogens (tertiary/aromatic N) is 3. The molecule has 0 saturated heterocycles. The molecule has 0 aliphatic carbocycles. The average molecular weight is 203 g/mol. The van der Waals surface area contributed by atoms with Crippen molar-refractivity contribution in [1.29, 1.82) is 0 Å². The van der Waals surface area contributed by atoms with Gasteiger partial charge in [0.15, 0.2) is 0 Å². The monoisotopic (exact) mass is 203 g/mol. The van der Waals surface area contributed by atoms with Crippen LogP contribution in [0.4, 0.5) is 0 Å². The summed E-state index contributed by atoms with van der Waals surface area (Å²) in [5.41, 5.74) is 3.85. The van der Waals surface area contributed by atoms with E-state index in [4.69, 9.17) is 0 Å². The number of aryl methyl sites for hydroxylation is 4. The number of rotatable bonds is 3. The summed E-state index contributed by atoms with van der Waals surface area (Å²) in [5, 5.41) is 4.28. The zero-order chi connectivity index (χ0) is 10.8. The fraction of sp³-hybridized carbons (Fsp3) is 0.417. The van der Waals surface area contributed by atoms with E-state index in [2.05, 4.69) is 48.8 Å². The molecule has 0 spiro atoms. The van der Waals surface area contributed by atoms with Crippen molar-refractivity contribution >= 4 is 0 Å². The molecule has 2 aromatic heterocycles. The molecule has 0 atom stereocenters. The summed E-state index contributed by atoms with van der Waals surface area (Å²) in [6.07, 6.45) is 3.98. The molecule has 0 N–H and O–H groups in total. The van der Waals surface area contributed by atoms with E-state index in [1.165, 1.54) is 17.0 Å². The van der Waals surface area contributed by atoms with E-state index >= 15 is 0 Å². The van der Waals surface area contributed by atoms with E-state index < -0.39 is 0 Å². The first kappa shape index (κ1) is 10.0. The van der Waals surface area contributed by atoms with Gasteiger partial charge >= 0.3 is 0 Å². The quantitative estimate of drug-likeness (QED) is 0.750. The molecule has 0 radical (unpaired) electrons. The SMILES string of the molecule is Cc1cnn(CCn2c(C)ccc2C)c1. The highest BCUT2D eigenvalue weighted by molar-refractivity contribution is 5.13. The van der Waals surface area contributed by atoms with Gasteiger partial charge in [-0.3, -0.25) is 4.68 Å². The van der Waals surface area contributed by atoms with Gasteiger partial charge in [0.25, 0.3) is 0 Å². The minimum absolute atomic E-state index is 0.935. The Kier molecular flexibility index (Phi) is 2.62. The minimum atomic E-state index is 0.935. The van der Waals surface area contributed by atoms with Gasteiger partial charge in [0.1, 0.15) is 0 Å². The molecule has 0 aromatic carbocycles. The number of hydrogen-bond acceptors (Lipinski definition) is 1. The summed E-state index contributed by atoms with van der Waals surface area (Å²) < 4.78 is 4.31. The first-order valence-corrected chi connectivity index (χ1v) is 5.28. The third kappa shape index (κ3) is 2.12. The second-order valence-corrected chi connectivity index (χ2v) is 4.05. The highest BCUT2D eigenvalue weighted by Crippen LogP contribution is 2.07. The summed E-state index contributed by atoms with van der Waals surface area (Å²) in [5.74, 6) is 0. The maximum atomic E-state index is 4.28. The third-order valence-corrected chi connectivity index (χ3v) is 2.73. The fourth-order valence-corrected chi connectivity index (χ4v) is 1.84. The van der Waals surface area contributed by atoms with Crippen LogP contribution in [0, 0.1) is 20.8 Å². The largest absolute Gasteiger partial charge is 0.347 e. The van der Waals surface area contributed by atoms with Crippen LogP contribution in [-0.4, -0.2) is 14.3 Å². The zero-order valence-corrected chi connectivity index (χ0v) is 9.57. The Morgan fingerprint density at radius 2 is 1.73 bits per heavy atom. The summed E-state index contributed by atoms with van der Waals surface area (Å²) >= 11 is 0. The molecule has 0 fully saturated rings. The molecule has 0 unspecified atom stereocenters. The van der Waals surface area contributed by atoms with Gasteiger partial charge in [0, 0.05) is 24.1 Å². The van der Waals surface area contributed by atoms with E-state index in [0.29, 0.717) is 0 Å². The van der Waals surface area contributed by atoms with Crippen molar-refractivity contribution in [2.45, 2.75) is 33.9 Å². The van der Waals surface area contributed by atoms with E-state index in [9.17, 15) is 0 Å². The Bertz CT molecular complexity index is 432. The Morgan fingerprint density at radius 3 is 2.27 bits per heavy atom. The average Bonchev–Trinajstić information content (AvgIpc) is 2.73. The maximum absolute atomic E-state index is 4.28. The van der Waals surface area contributed by atoms with Crippen molar-refractivity contribution in [2.24, 2.45) is 0 Å². The summed E-state index contributed by atoms with van der Waals surface area (Å²) in [6, 6.07) is 4.31. The molecule has 2 rings (SSSR count). The molecule has 3 heteroatoms. The van der Waals surface area contributed by atoms with Gasteiger partial charge in [-0.1, -0.05) is 0 Å². The third-order valence-electron chi connectivity index (χ3n) is 2.73. The molecule has 0 aliphatic heterocycles. The van der Waals surface area contributed by atoms with Crippen molar-refractivity contribution < 1.29 is 0 Å². The van der Waals surface area contributed by atoms with Crippen molar-refractivity contribution in [2.75, 3.05) is 0 Å². The molecule has 15 heavy (non-hydrogen) atoms. The zero-order valence-electron chi connectivity index (χ0n) is 9.57. The molecular formula is C12H17N3. The molecule has 2 aromatic rings. The molecular weight excluding hydrogens is 186 g/mol. The normalized spacial score (nSPS) is 10.9. The Labute approximate surface area is 90.3 Å². The second kappa shape index (κ2) is 3.93. The van der Waals surface area contributed by atoms with Gasteiger partial charge in [0.05, 0.1) is 12.7 Å². The van der Waals surface area contributed by atoms with Gasteiger partial charge in [-0.25, -0.2) is 0 Å². The van der Waals surface area contributed by atoms with Gasteiger partial charge in [-0.05, 0) is 38.5 Å². The maximum Gasteiger partial charge on any atom is 0.0588 e. The van der Waals surface area contributed by atoms with Crippen LogP contribution in [0.25, 0.3) is 0 Å². The molecule has 2 heterocycles. The van der Waals surface area contributed by atoms with Crippen LogP contribution in [0.3, 0.4) is 0 Å². The van der Waals surface area contributed by atoms with Crippen LogP contribution < -0.4 is 0 Å². The van der Waals surface area contributed by atoms with E-state index in [1.807, 2.05) is 10.9 Å². The molecule has 0 bridgehead atoms. The predicted octanol–water partition coefficient (Wildman–Crippen LogP) is 2.31. The molecule has 0 aliphatic rings. The van der Waals surface area contributed by atoms with E-state index in [0.717, 1.165) is 13.1 Å². The van der Waals surface area contributed by atoms with Crippen LogP contribution in [0.2, 0.25) is 0 Å². The topological polar surface area (TPSA) is 22.8 Å². The Hall–Kier alpha value is -1.51. The minimum Gasteiger partial charge on any atom is -0.347 e. The van der Waals surface area contributed by atoms with Crippen molar-refractivity contribution in [1.82, 2.24) is 14.3 Å². The highest BCUT2D eigenvalue weighted by Gasteiger charge is 2.01. The second-order valence-electron chi connectivity index (χ2n) is 4.05. The first-order chi connectivity index (χ1) is 7.16. The predicted molar refractivity (Wildman–Crippen MR) is 60.9 cm³/mol. The van der Waals surface area contributed by atoms with Crippen molar-refractivity contribution in [3.63, 3.8) is 0 Å². The standard InChI is InChI=1S/C12H17N3/c1-10-8-13-14(9-10)6-7-15-11(2)4-5-12(15)3/h4-5,8-9H,6-7H2,1-3H3. The number of aromatic nitrogens is 3. The van der Waals surface area contributed by atoms with Crippen LogP contribution >= 0.6 is 0 Å². The lowest BCUT2D eigenvalue weighted by Gasteiger charge is -2.08. The van der Waals surface area contributed by atoms with Crippen LogP contribution in [0.5, 0.6) is 0 Å². The van der Waals surface area contributed by atoms with Gasteiger partial charge < -0.3 is 4.57 Å². The molecule has 0 amide bonds. The smallest absolute Gasteiger partial charge is 0.0588 e. The molecule has 80 valence electrons. The Morgan fingerprint density at radius 1 is 1.07 bits per heavy atom. The van der Waals surface area contributed by atoms with Crippen LogP contribution in [0.15, 0.2) is 24.5 Å². The summed E-state index contributed by atoms with van der Waals surface area (Å²) in [6.45, 7) is 8.27. The van der Waals surface area contributed by atoms with Crippen LogP contribution in [0.1, 0.15) is 17.0 Å². The lowest BCUT2D eigenvalue weighted by atomic mass is 10.4. The lowest BCUT2D eigenvalue weighted by Crippen LogP contribution is -2.09. The fourth-order valence-electron chi connectivity index (χ4n) is 1.84. The Balaban J connectivity index is 2.05. The van der Waals surface area contributed by atoms with Crippen LogP contribution in [-0.2, 0) is 13.1 Å². The summed E-state index contributed by atoms with van der Waals surface area (Å²) in [7, 11) is 0.